The molecule has 14 nitrogen and oxygen atoms in total. The van der Waals surface area contributed by atoms with Gasteiger partial charge in [0.05, 0.1) is 18.7 Å². The Morgan fingerprint density at radius 1 is 0.868 bits per heavy atom. The normalized spacial score (nSPS) is 14.3. The van der Waals surface area contributed by atoms with Gasteiger partial charge >= 0.3 is 5.97 Å². The van der Waals surface area contributed by atoms with Gasteiger partial charge in [0, 0.05) is 36.6 Å². The summed E-state index contributed by atoms with van der Waals surface area (Å²) in [5, 5.41) is 17.5. The van der Waals surface area contributed by atoms with Gasteiger partial charge in [-0.3, -0.25) is 14.4 Å². The van der Waals surface area contributed by atoms with Gasteiger partial charge in [0.1, 0.15) is 18.1 Å². The quantitative estimate of drug-likeness (QED) is 0.116. The van der Waals surface area contributed by atoms with E-state index in [9.17, 15) is 24.3 Å². The average Bonchev–Trinajstić information content (AvgIpc) is 3.56. The summed E-state index contributed by atoms with van der Waals surface area (Å²) in [6.07, 6.45) is 7.89. The number of aromatic nitrogens is 4. The maximum absolute atomic E-state index is 13.3. The molecule has 2 rings (SSSR count). The van der Waals surface area contributed by atoms with E-state index < -0.39 is 47.9 Å². The summed E-state index contributed by atoms with van der Waals surface area (Å²) in [6, 6.07) is -4.12. The number of carbonyl (C=O) groups excluding carboxylic acids is 3. The molecule has 3 amide bonds. The fourth-order valence-corrected chi connectivity index (χ4v) is 3.83. The number of imidazole rings is 2. The second-order valence-electron chi connectivity index (χ2n) is 9.60. The molecule has 0 fully saturated rings. The lowest BCUT2D eigenvalue weighted by Gasteiger charge is -2.26. The molecular formula is C24H39N9O5. The van der Waals surface area contributed by atoms with Gasteiger partial charge in [-0.25, -0.2) is 14.8 Å². The number of nitrogens with one attached hydrogen (secondary N) is 5. The number of carboxylic acid groups (broad SMARTS) is 1. The molecule has 14 heteroatoms. The van der Waals surface area contributed by atoms with Crippen molar-refractivity contribution in [1.29, 1.82) is 0 Å². The molecule has 210 valence electrons. The highest BCUT2D eigenvalue weighted by molar-refractivity contribution is 5.94. The second-order valence-corrected chi connectivity index (χ2v) is 9.60. The molecule has 0 saturated carbocycles. The molecule has 0 bridgehead atoms. The van der Waals surface area contributed by atoms with Crippen molar-refractivity contribution >= 4 is 23.7 Å². The lowest BCUT2D eigenvalue weighted by atomic mass is 10.0. The number of rotatable bonds is 17. The Kier molecular flexibility index (Phi) is 12.4. The first-order valence-electron chi connectivity index (χ1n) is 12.6. The number of carbonyl (C=O) groups is 4. The van der Waals surface area contributed by atoms with Crippen molar-refractivity contribution in [3.8, 4) is 0 Å². The van der Waals surface area contributed by atoms with E-state index in [0.717, 1.165) is 0 Å². The molecule has 0 radical (unpaired) electrons. The van der Waals surface area contributed by atoms with Gasteiger partial charge in [0.25, 0.3) is 0 Å². The highest BCUT2D eigenvalue weighted by atomic mass is 16.4. The fourth-order valence-electron chi connectivity index (χ4n) is 3.83. The van der Waals surface area contributed by atoms with Gasteiger partial charge < -0.3 is 42.5 Å². The second kappa shape index (κ2) is 15.5. The van der Waals surface area contributed by atoms with E-state index >= 15 is 0 Å². The van der Waals surface area contributed by atoms with Crippen LogP contribution in [0.4, 0.5) is 0 Å². The molecule has 2 aromatic rings. The number of nitrogens with two attached hydrogens (primary N) is 2. The molecular weight excluding hydrogens is 494 g/mol. The number of nitrogens with zero attached hydrogens (tertiary/aromatic N) is 2. The predicted molar refractivity (Wildman–Crippen MR) is 138 cm³/mol. The Bertz CT molecular complexity index is 1010. The summed E-state index contributed by atoms with van der Waals surface area (Å²) in [6.45, 7) is 4.17. The van der Waals surface area contributed by atoms with Crippen LogP contribution in [0.25, 0.3) is 0 Å². The van der Waals surface area contributed by atoms with Gasteiger partial charge in [-0.05, 0) is 38.1 Å². The van der Waals surface area contributed by atoms with Crippen LogP contribution in [-0.4, -0.2) is 79.4 Å². The van der Waals surface area contributed by atoms with E-state index in [2.05, 4.69) is 35.9 Å². The van der Waals surface area contributed by atoms with Crippen LogP contribution in [0.15, 0.2) is 25.0 Å². The molecule has 2 heterocycles. The summed E-state index contributed by atoms with van der Waals surface area (Å²) >= 11 is 0. The molecule has 10 N–H and O–H groups in total. The van der Waals surface area contributed by atoms with Crippen molar-refractivity contribution in [1.82, 2.24) is 35.9 Å². The van der Waals surface area contributed by atoms with Crippen molar-refractivity contribution in [3.05, 3.63) is 36.4 Å². The lowest BCUT2D eigenvalue weighted by Crippen LogP contribution is -2.57. The summed E-state index contributed by atoms with van der Waals surface area (Å²) in [5.41, 5.74) is 12.8. The molecule has 0 aliphatic heterocycles. The van der Waals surface area contributed by atoms with E-state index in [-0.39, 0.29) is 25.2 Å². The molecule has 0 aliphatic rings. The van der Waals surface area contributed by atoms with Crippen molar-refractivity contribution in [2.45, 2.75) is 76.5 Å². The topological polar surface area (TPSA) is 234 Å². The molecule has 2 aromatic heterocycles. The van der Waals surface area contributed by atoms with Gasteiger partial charge in [-0.2, -0.15) is 0 Å². The van der Waals surface area contributed by atoms with Gasteiger partial charge in [-0.1, -0.05) is 13.8 Å². The predicted octanol–water partition coefficient (Wildman–Crippen LogP) is -1.04. The first kappa shape index (κ1) is 30.4. The number of hydrogen-bond acceptors (Lipinski definition) is 8. The minimum absolute atomic E-state index is 0.00455. The zero-order valence-electron chi connectivity index (χ0n) is 21.8. The van der Waals surface area contributed by atoms with Crippen molar-refractivity contribution < 1.29 is 24.3 Å². The van der Waals surface area contributed by atoms with Gasteiger partial charge in [0.15, 0.2) is 0 Å². The summed E-state index contributed by atoms with van der Waals surface area (Å²) in [7, 11) is 0. The van der Waals surface area contributed by atoms with E-state index in [1.165, 1.54) is 18.9 Å². The monoisotopic (exact) mass is 533 g/mol. The molecule has 0 aromatic carbocycles. The molecule has 4 atom stereocenters. The first-order chi connectivity index (χ1) is 18.1. The van der Waals surface area contributed by atoms with Gasteiger partial charge in [0.2, 0.25) is 17.7 Å². The number of carboxylic acids is 1. The average molecular weight is 534 g/mol. The van der Waals surface area contributed by atoms with E-state index in [1.54, 1.807) is 6.20 Å². The Balaban J connectivity index is 2.10. The summed E-state index contributed by atoms with van der Waals surface area (Å²) < 4.78 is 0. The number of aromatic amines is 2. The van der Waals surface area contributed by atoms with Crippen molar-refractivity contribution in [3.63, 3.8) is 0 Å². The first-order valence-corrected chi connectivity index (χ1v) is 12.6. The van der Waals surface area contributed by atoms with Crippen LogP contribution in [0, 0.1) is 5.92 Å². The zero-order valence-corrected chi connectivity index (χ0v) is 21.8. The van der Waals surface area contributed by atoms with E-state index in [0.29, 0.717) is 37.2 Å². The fraction of sp³-hybridized carbons (Fsp3) is 0.583. The van der Waals surface area contributed by atoms with Crippen LogP contribution in [0.3, 0.4) is 0 Å². The minimum Gasteiger partial charge on any atom is -0.480 e. The molecule has 0 aliphatic carbocycles. The standard InChI is InChI=1S/C24H39N9O5/c1-14(2)7-19(23(36)33-20(24(37)38)9-16-11-28-13-30-16)32-22(35)18(5-3-4-6-25)31-21(34)17(26)8-15-10-27-12-29-15/h10-14,17-20H,3-9,25-26H2,1-2H3,(H,27,29)(H,28,30)(H,31,34)(H,32,35)(H,33,36)(H,37,38). The minimum atomic E-state index is -1.23. The molecule has 0 saturated heterocycles. The smallest absolute Gasteiger partial charge is 0.326 e. The van der Waals surface area contributed by atoms with Crippen LogP contribution >= 0.6 is 0 Å². The Hall–Kier alpha value is -3.78. The SMILES string of the molecule is CC(C)CC(NC(=O)C(CCCCN)NC(=O)C(N)Cc1cnc[nH]1)C(=O)NC(Cc1cnc[nH]1)C(=O)O. The van der Waals surface area contributed by atoms with Crippen LogP contribution in [0.5, 0.6) is 0 Å². The van der Waals surface area contributed by atoms with Crippen LogP contribution in [0.2, 0.25) is 0 Å². The van der Waals surface area contributed by atoms with E-state index in [4.69, 9.17) is 11.5 Å². The van der Waals surface area contributed by atoms with Gasteiger partial charge in [-0.15, -0.1) is 0 Å². The number of unbranched alkanes of at least 4 members (excludes halogenated alkanes) is 1. The third-order valence-electron chi connectivity index (χ3n) is 5.84. The highest BCUT2D eigenvalue weighted by Gasteiger charge is 2.31. The maximum Gasteiger partial charge on any atom is 0.326 e. The van der Waals surface area contributed by atoms with Crippen LogP contribution < -0.4 is 27.4 Å². The number of aliphatic carboxylic acids is 1. The highest BCUT2D eigenvalue weighted by Crippen LogP contribution is 2.09. The molecule has 4 unspecified atom stereocenters. The summed E-state index contributed by atoms with van der Waals surface area (Å²) in [5.74, 6) is -2.94. The summed E-state index contributed by atoms with van der Waals surface area (Å²) in [4.78, 5) is 64.3. The van der Waals surface area contributed by atoms with Crippen LogP contribution in [-0.2, 0) is 32.0 Å². The van der Waals surface area contributed by atoms with Crippen LogP contribution in [0.1, 0.15) is 50.9 Å². The Morgan fingerprint density at radius 2 is 1.42 bits per heavy atom. The number of amides is 3. The zero-order chi connectivity index (χ0) is 28.1. The number of H-pyrrole nitrogens is 2. The van der Waals surface area contributed by atoms with Crippen molar-refractivity contribution in [2.24, 2.45) is 17.4 Å². The third kappa shape index (κ3) is 10.3. The van der Waals surface area contributed by atoms with E-state index in [1.807, 2.05) is 13.8 Å². The largest absolute Gasteiger partial charge is 0.480 e. The maximum atomic E-state index is 13.3. The third-order valence-corrected chi connectivity index (χ3v) is 5.84. The molecule has 0 spiro atoms. The molecule has 38 heavy (non-hydrogen) atoms. The lowest BCUT2D eigenvalue weighted by molar-refractivity contribution is -0.142. The Labute approximate surface area is 221 Å². The Morgan fingerprint density at radius 3 is 1.95 bits per heavy atom. The number of hydrogen-bond donors (Lipinski definition) is 8. The van der Waals surface area contributed by atoms with Crippen molar-refractivity contribution in [2.75, 3.05) is 6.54 Å².